The first-order valence-corrected chi connectivity index (χ1v) is 7.54. The first-order chi connectivity index (χ1) is 10.9. The van der Waals surface area contributed by atoms with E-state index in [-0.39, 0.29) is 17.1 Å². The third-order valence-electron chi connectivity index (χ3n) is 3.41. The van der Waals surface area contributed by atoms with E-state index in [0.29, 0.717) is 0 Å². The Morgan fingerprint density at radius 3 is 2.91 bits per heavy atom. The van der Waals surface area contributed by atoms with Gasteiger partial charge in [0.1, 0.15) is 24.9 Å². The van der Waals surface area contributed by atoms with Crippen LogP contribution >= 0.6 is 8.25 Å². The van der Waals surface area contributed by atoms with Crippen molar-refractivity contribution in [2.45, 2.75) is 24.5 Å². The third-order valence-corrected chi connectivity index (χ3v) is 3.78. The maximum Gasteiger partial charge on any atom is 0.694 e. The minimum Gasteiger partial charge on any atom is -0.387 e. The summed E-state index contributed by atoms with van der Waals surface area (Å²) in [4.78, 5) is 30.4. The van der Waals surface area contributed by atoms with Gasteiger partial charge in [-0.1, -0.05) is 0 Å². The number of aromatic nitrogens is 4. The summed E-state index contributed by atoms with van der Waals surface area (Å²) in [6.45, 7) is -0.400. The van der Waals surface area contributed by atoms with Gasteiger partial charge < -0.3 is 20.7 Å². The van der Waals surface area contributed by atoms with E-state index in [1.807, 2.05) is 0 Å². The van der Waals surface area contributed by atoms with E-state index in [2.05, 4.69) is 19.5 Å². The number of nitrogen functional groups attached to an aromatic ring is 1. The van der Waals surface area contributed by atoms with Gasteiger partial charge in [-0.25, -0.2) is 4.98 Å². The molecule has 2 aromatic heterocycles. The van der Waals surface area contributed by atoms with Crippen LogP contribution in [0.1, 0.15) is 6.23 Å². The topological polar surface area (TPSA) is 186 Å². The summed E-state index contributed by atoms with van der Waals surface area (Å²) in [6, 6.07) is 0. The normalized spacial score (nSPS) is 28.4. The quantitative estimate of drug-likeness (QED) is 0.387. The van der Waals surface area contributed by atoms with Crippen molar-refractivity contribution in [3.05, 3.63) is 16.7 Å². The Morgan fingerprint density at radius 1 is 1.48 bits per heavy atom. The number of nitrogens with two attached hydrogens (primary N) is 1. The largest absolute Gasteiger partial charge is 0.694 e. The molecule has 5 atom stereocenters. The summed E-state index contributed by atoms with van der Waals surface area (Å²) >= 11 is 0. The number of nitrogens with zero attached hydrogens (tertiary/aromatic N) is 3. The number of hydrogen-bond acceptors (Lipinski definition) is 9. The second-order valence-electron chi connectivity index (χ2n) is 4.86. The van der Waals surface area contributed by atoms with Gasteiger partial charge in [0.25, 0.3) is 5.56 Å². The summed E-state index contributed by atoms with van der Waals surface area (Å²) in [7, 11) is -2.86. The first kappa shape index (κ1) is 15.9. The van der Waals surface area contributed by atoms with Gasteiger partial charge in [0.2, 0.25) is 5.95 Å². The summed E-state index contributed by atoms with van der Waals surface area (Å²) in [5.41, 5.74) is 4.98. The van der Waals surface area contributed by atoms with Crippen LogP contribution in [0.5, 0.6) is 0 Å². The molecule has 2 aromatic rings. The van der Waals surface area contributed by atoms with Gasteiger partial charge in [0, 0.05) is 4.57 Å². The zero-order valence-electron chi connectivity index (χ0n) is 11.4. The summed E-state index contributed by atoms with van der Waals surface area (Å²) in [5.74, 6) is -0.144. The van der Waals surface area contributed by atoms with Gasteiger partial charge in [-0.05, 0) is 0 Å². The molecule has 1 saturated heterocycles. The van der Waals surface area contributed by atoms with E-state index in [9.17, 15) is 19.6 Å². The van der Waals surface area contributed by atoms with Crippen LogP contribution in [0.4, 0.5) is 5.95 Å². The molecular weight excluding hydrogens is 333 g/mol. The first-order valence-electron chi connectivity index (χ1n) is 6.41. The van der Waals surface area contributed by atoms with E-state index in [0.717, 1.165) is 0 Å². The molecule has 1 aliphatic rings. The van der Waals surface area contributed by atoms with Crippen LogP contribution in [0.2, 0.25) is 0 Å². The average molecular weight is 346 g/mol. The molecule has 3 unspecified atom stereocenters. The Labute approximate surface area is 128 Å². The monoisotopic (exact) mass is 346 g/mol. The lowest BCUT2D eigenvalue weighted by atomic mass is 10.1. The van der Waals surface area contributed by atoms with Crippen molar-refractivity contribution in [2.75, 3.05) is 12.3 Å². The standard InChI is InChI=1S/C10H12N5O7P/c11-10-13-7-4(8(18)14-10)12-2-15(7)9-6(17)5(16)3(22-9)1-21-23(19)20/h2-3,5-6,9,16-17H,1H2,(H3-,11,13,14,18,19,20)/p+1/t3-,5?,6?,9-/m1/s1. The summed E-state index contributed by atoms with van der Waals surface area (Å²) in [6.07, 6.45) is -3.71. The Hall–Kier alpha value is -1.95. The van der Waals surface area contributed by atoms with Crippen molar-refractivity contribution >= 4 is 25.4 Å². The number of aliphatic hydroxyl groups excluding tert-OH is 2. The smallest absolute Gasteiger partial charge is 0.387 e. The van der Waals surface area contributed by atoms with E-state index < -0.39 is 45.0 Å². The van der Waals surface area contributed by atoms with Gasteiger partial charge in [0.05, 0.1) is 6.33 Å². The maximum absolute atomic E-state index is 11.7. The van der Waals surface area contributed by atoms with Crippen molar-refractivity contribution < 1.29 is 28.9 Å². The van der Waals surface area contributed by atoms with Crippen LogP contribution in [-0.2, 0) is 13.8 Å². The van der Waals surface area contributed by atoms with E-state index in [1.54, 1.807) is 0 Å². The highest BCUT2D eigenvalue weighted by atomic mass is 31.1. The number of nitrogens with one attached hydrogen (secondary N) is 1. The highest BCUT2D eigenvalue weighted by molar-refractivity contribution is 7.32. The SMILES string of the molecule is Nc1nc2c(ncn2[C@@H]2O[C@H](CO[P+](=O)O)C(O)C2O)c(=O)[nH]1. The minimum atomic E-state index is -2.86. The van der Waals surface area contributed by atoms with Crippen LogP contribution in [-0.4, -0.2) is 59.5 Å². The van der Waals surface area contributed by atoms with Gasteiger partial charge in [-0.3, -0.25) is 14.3 Å². The number of anilines is 1. The molecule has 0 aliphatic carbocycles. The van der Waals surface area contributed by atoms with Gasteiger partial charge in [0.15, 0.2) is 17.4 Å². The molecule has 3 heterocycles. The fraction of sp³-hybridized carbons (Fsp3) is 0.500. The lowest BCUT2D eigenvalue weighted by molar-refractivity contribution is -0.0476. The Bertz CT molecular complexity index is 806. The Kier molecular flexibility index (Phi) is 4.10. The second kappa shape index (κ2) is 5.92. The number of H-pyrrole nitrogens is 1. The number of aromatic amines is 1. The van der Waals surface area contributed by atoms with Crippen LogP contribution in [0.25, 0.3) is 11.2 Å². The molecule has 1 fully saturated rings. The highest BCUT2D eigenvalue weighted by Gasteiger charge is 2.45. The van der Waals surface area contributed by atoms with E-state index in [4.69, 9.17) is 15.4 Å². The number of hydrogen-bond donors (Lipinski definition) is 5. The van der Waals surface area contributed by atoms with Crippen molar-refractivity contribution in [1.82, 2.24) is 19.5 Å². The Morgan fingerprint density at radius 2 is 2.22 bits per heavy atom. The molecular formula is C10H13N5O7P+. The predicted octanol–water partition coefficient (Wildman–Crippen LogP) is -2.01. The summed E-state index contributed by atoms with van der Waals surface area (Å²) in [5, 5.41) is 20.0. The van der Waals surface area contributed by atoms with Crippen molar-refractivity contribution in [3.63, 3.8) is 0 Å². The Balaban J connectivity index is 1.93. The number of fused-ring (bicyclic) bond motifs is 1. The maximum atomic E-state index is 11.7. The van der Waals surface area contributed by atoms with E-state index in [1.165, 1.54) is 10.9 Å². The summed E-state index contributed by atoms with van der Waals surface area (Å²) < 4.78 is 21.7. The predicted molar refractivity (Wildman–Crippen MR) is 74.3 cm³/mol. The molecule has 0 spiro atoms. The molecule has 0 radical (unpaired) electrons. The van der Waals surface area contributed by atoms with Gasteiger partial charge in [-0.15, -0.1) is 9.42 Å². The van der Waals surface area contributed by atoms with Crippen LogP contribution < -0.4 is 11.3 Å². The third kappa shape index (κ3) is 2.83. The van der Waals surface area contributed by atoms with Crippen molar-refractivity contribution in [1.29, 1.82) is 0 Å². The van der Waals surface area contributed by atoms with E-state index >= 15 is 0 Å². The molecule has 1 aliphatic heterocycles. The highest BCUT2D eigenvalue weighted by Crippen LogP contribution is 2.32. The van der Waals surface area contributed by atoms with Crippen LogP contribution in [0.3, 0.4) is 0 Å². The molecule has 12 nitrogen and oxygen atoms in total. The molecule has 6 N–H and O–H groups in total. The number of imidazole rings is 1. The molecule has 23 heavy (non-hydrogen) atoms. The van der Waals surface area contributed by atoms with Crippen LogP contribution in [0, 0.1) is 0 Å². The molecule has 0 saturated carbocycles. The lowest BCUT2D eigenvalue weighted by Gasteiger charge is -2.16. The van der Waals surface area contributed by atoms with Crippen molar-refractivity contribution in [3.8, 4) is 0 Å². The molecule has 0 aromatic carbocycles. The lowest BCUT2D eigenvalue weighted by Crippen LogP contribution is -2.33. The number of ether oxygens (including phenoxy) is 1. The molecule has 3 rings (SSSR count). The fourth-order valence-electron chi connectivity index (χ4n) is 2.36. The van der Waals surface area contributed by atoms with Crippen molar-refractivity contribution in [2.24, 2.45) is 0 Å². The zero-order valence-corrected chi connectivity index (χ0v) is 12.3. The van der Waals surface area contributed by atoms with Gasteiger partial charge >= 0.3 is 8.25 Å². The molecule has 0 amide bonds. The number of aliphatic hydroxyl groups is 2. The minimum absolute atomic E-state index is 0.0115. The molecule has 0 bridgehead atoms. The molecule has 13 heteroatoms. The second-order valence-corrected chi connectivity index (χ2v) is 5.59. The fourth-order valence-corrected chi connectivity index (χ4v) is 2.64. The van der Waals surface area contributed by atoms with Gasteiger partial charge in [-0.2, -0.15) is 4.98 Å². The number of rotatable bonds is 4. The zero-order chi connectivity index (χ0) is 16.7. The average Bonchev–Trinajstić information content (AvgIpc) is 3.00. The van der Waals surface area contributed by atoms with Crippen LogP contribution in [0.15, 0.2) is 11.1 Å². The molecule has 124 valence electrons.